The number of benzene rings is 2. The van der Waals surface area contributed by atoms with Crippen LogP contribution in [-0.4, -0.2) is 19.0 Å². The zero-order valence-corrected chi connectivity index (χ0v) is 21.4. The van der Waals surface area contributed by atoms with E-state index in [0.717, 1.165) is 56.8 Å². The maximum absolute atomic E-state index is 11.9. The van der Waals surface area contributed by atoms with Crippen molar-refractivity contribution in [1.82, 2.24) is 0 Å². The van der Waals surface area contributed by atoms with Crippen LogP contribution in [0.25, 0.3) is 5.57 Å². The van der Waals surface area contributed by atoms with Gasteiger partial charge >= 0.3 is 0 Å². The molecule has 1 fully saturated rings. The summed E-state index contributed by atoms with van der Waals surface area (Å²) in [4.78, 5) is 11.9. The van der Waals surface area contributed by atoms with Crippen molar-refractivity contribution < 1.29 is 14.3 Å². The van der Waals surface area contributed by atoms with E-state index in [1.807, 2.05) is 0 Å². The first-order valence-corrected chi connectivity index (χ1v) is 13.3. The van der Waals surface area contributed by atoms with Crippen molar-refractivity contribution in [3.63, 3.8) is 0 Å². The number of hydrogen-bond acceptors (Lipinski definition) is 3. The third kappa shape index (κ3) is 7.75. The van der Waals surface area contributed by atoms with Crippen molar-refractivity contribution in [3.8, 4) is 11.5 Å². The predicted molar refractivity (Wildman–Crippen MR) is 142 cm³/mol. The summed E-state index contributed by atoms with van der Waals surface area (Å²) >= 11 is 0. The van der Waals surface area contributed by atoms with Crippen molar-refractivity contribution in [1.29, 1.82) is 0 Å². The number of hydrogen-bond donors (Lipinski definition) is 0. The normalized spacial score (nSPS) is 13.6. The van der Waals surface area contributed by atoms with E-state index in [0.29, 0.717) is 12.3 Å². The Morgan fingerprint density at radius 2 is 1.24 bits per heavy atom. The zero-order chi connectivity index (χ0) is 24.2. The van der Waals surface area contributed by atoms with E-state index in [4.69, 9.17) is 9.47 Å². The fraction of sp³-hybridized carbons (Fsp3) is 0.516. The highest BCUT2D eigenvalue weighted by atomic mass is 16.5. The fourth-order valence-electron chi connectivity index (χ4n) is 4.76. The van der Waals surface area contributed by atoms with E-state index in [2.05, 4.69) is 62.4 Å². The second-order valence-corrected chi connectivity index (χ2v) is 9.54. The van der Waals surface area contributed by atoms with Crippen LogP contribution in [0.4, 0.5) is 0 Å². The van der Waals surface area contributed by atoms with Crippen molar-refractivity contribution in [3.05, 3.63) is 65.2 Å². The van der Waals surface area contributed by atoms with Gasteiger partial charge in [-0.3, -0.25) is 0 Å². The minimum absolute atomic E-state index is 0.259. The van der Waals surface area contributed by atoms with Gasteiger partial charge in [-0.15, -0.1) is 0 Å². The first kappa shape index (κ1) is 26.1. The van der Waals surface area contributed by atoms with Gasteiger partial charge in [0, 0.05) is 6.42 Å². The zero-order valence-electron chi connectivity index (χ0n) is 21.4. The molecule has 0 spiro atoms. The van der Waals surface area contributed by atoms with E-state index in [9.17, 15) is 4.79 Å². The Bertz CT molecular complexity index is 847. The molecule has 0 bridgehead atoms. The molecular weight excluding hydrogens is 420 g/mol. The average molecular weight is 463 g/mol. The molecule has 0 atom stereocenters. The molecule has 3 heteroatoms. The number of ether oxygens (including phenoxy) is 2. The largest absolute Gasteiger partial charge is 0.494 e. The molecule has 3 rings (SSSR count). The monoisotopic (exact) mass is 462 g/mol. The number of carbonyl (C=O) groups is 1. The first-order chi connectivity index (χ1) is 16.6. The van der Waals surface area contributed by atoms with Crippen LogP contribution in [0.3, 0.4) is 0 Å². The van der Waals surface area contributed by atoms with Gasteiger partial charge in [-0.05, 0) is 85.9 Å². The first-order valence-electron chi connectivity index (χ1n) is 13.3. The van der Waals surface area contributed by atoms with Crippen LogP contribution >= 0.6 is 0 Å². The number of ketones is 1. The van der Waals surface area contributed by atoms with Gasteiger partial charge < -0.3 is 14.3 Å². The minimum atomic E-state index is 0.259. The third-order valence-corrected chi connectivity index (χ3v) is 6.73. The highest BCUT2D eigenvalue weighted by molar-refractivity contribution is 5.84. The van der Waals surface area contributed by atoms with Gasteiger partial charge in [0.2, 0.25) is 0 Å². The highest BCUT2D eigenvalue weighted by Crippen LogP contribution is 2.41. The van der Waals surface area contributed by atoms with Gasteiger partial charge in [-0.25, -0.2) is 0 Å². The molecule has 2 aromatic carbocycles. The van der Waals surface area contributed by atoms with E-state index >= 15 is 0 Å². The van der Waals surface area contributed by atoms with E-state index in [1.165, 1.54) is 48.0 Å². The number of Topliss-reactive ketones (excluding diaryl/α,β-unsaturated/α-hetero) is 1. The van der Waals surface area contributed by atoms with Gasteiger partial charge in [-0.1, -0.05) is 69.4 Å². The molecule has 0 N–H and O–H groups in total. The molecule has 2 aromatic rings. The summed E-state index contributed by atoms with van der Waals surface area (Å²) in [5.41, 5.74) is 5.13. The topological polar surface area (TPSA) is 35.5 Å². The number of unbranched alkanes of at least 4 members (excludes halogenated alkanes) is 2. The van der Waals surface area contributed by atoms with Crippen LogP contribution in [-0.2, 0) is 4.79 Å². The number of carbonyl (C=O) groups excluding carboxylic acids is 1. The Balaban J connectivity index is 1.97. The van der Waals surface area contributed by atoms with Crippen molar-refractivity contribution in [2.75, 3.05) is 13.2 Å². The van der Waals surface area contributed by atoms with Crippen molar-refractivity contribution in [2.24, 2.45) is 5.92 Å². The van der Waals surface area contributed by atoms with Gasteiger partial charge in [0.05, 0.1) is 13.2 Å². The van der Waals surface area contributed by atoms with Crippen LogP contribution in [0.5, 0.6) is 11.5 Å². The summed E-state index contributed by atoms with van der Waals surface area (Å²) < 4.78 is 11.8. The van der Waals surface area contributed by atoms with Crippen LogP contribution < -0.4 is 9.47 Å². The lowest BCUT2D eigenvalue weighted by Gasteiger charge is -2.22. The maximum Gasteiger partial charge on any atom is 0.130 e. The molecule has 3 nitrogen and oxygen atoms in total. The molecule has 0 heterocycles. The van der Waals surface area contributed by atoms with Gasteiger partial charge in [-0.2, -0.15) is 0 Å². The molecular formula is C31H42O3. The Labute approximate surface area is 206 Å². The maximum atomic E-state index is 11.9. The smallest absolute Gasteiger partial charge is 0.130 e. The molecule has 1 saturated carbocycles. The van der Waals surface area contributed by atoms with E-state index < -0.39 is 0 Å². The molecule has 0 unspecified atom stereocenters. The quantitative estimate of drug-likeness (QED) is 0.264. The summed E-state index contributed by atoms with van der Waals surface area (Å²) in [6, 6.07) is 17.1. The van der Waals surface area contributed by atoms with Gasteiger partial charge in [0.25, 0.3) is 0 Å². The second kappa shape index (κ2) is 14.0. The summed E-state index contributed by atoms with van der Waals surface area (Å²) in [5, 5.41) is 0. The van der Waals surface area contributed by atoms with Crippen LogP contribution in [0, 0.1) is 5.92 Å². The molecule has 0 aliphatic heterocycles. The summed E-state index contributed by atoms with van der Waals surface area (Å²) in [5.74, 6) is 2.65. The van der Waals surface area contributed by atoms with Crippen molar-refractivity contribution >= 4 is 11.4 Å². The minimum Gasteiger partial charge on any atom is -0.494 e. The lowest BCUT2D eigenvalue weighted by Crippen LogP contribution is -2.07. The third-order valence-electron chi connectivity index (χ3n) is 6.73. The van der Waals surface area contributed by atoms with E-state index in [-0.39, 0.29) is 5.78 Å². The molecule has 0 radical (unpaired) electrons. The summed E-state index contributed by atoms with van der Waals surface area (Å²) in [6.45, 7) is 7.56. The SMILES string of the molecule is CCCCOc1ccc(C(=C(CCC(C)=O)C2CCCC2)c2ccc(OCCCC)cc2)cc1. The number of allylic oxidation sites excluding steroid dienone is 1. The summed E-state index contributed by atoms with van der Waals surface area (Å²) in [6.07, 6.45) is 10.8. The van der Waals surface area contributed by atoms with Crippen molar-refractivity contribution in [2.45, 2.75) is 85.0 Å². The molecule has 0 aromatic heterocycles. The predicted octanol–water partition coefficient (Wildman–Crippen LogP) is 8.41. The Hall–Kier alpha value is -2.55. The Morgan fingerprint density at radius 3 is 1.65 bits per heavy atom. The van der Waals surface area contributed by atoms with E-state index in [1.54, 1.807) is 6.92 Å². The summed E-state index contributed by atoms with van der Waals surface area (Å²) in [7, 11) is 0. The van der Waals surface area contributed by atoms with Gasteiger partial charge in [0.1, 0.15) is 17.3 Å². The van der Waals surface area contributed by atoms with Crippen LogP contribution in [0.15, 0.2) is 54.1 Å². The Morgan fingerprint density at radius 1 is 0.765 bits per heavy atom. The lowest BCUT2D eigenvalue weighted by atomic mass is 9.83. The number of rotatable bonds is 14. The molecule has 1 aliphatic rings. The second-order valence-electron chi connectivity index (χ2n) is 9.54. The Kier molecular flexibility index (Phi) is 10.7. The molecule has 0 amide bonds. The molecule has 1 aliphatic carbocycles. The standard InChI is InChI=1S/C31H42O3/c1-4-6-22-33-28-17-13-26(14-18-28)31(27-15-19-29(20-16-27)34-23-7-5-2)30(21-12-24(3)32)25-10-8-9-11-25/h13-20,25H,4-12,21-23H2,1-3H3. The molecule has 0 saturated heterocycles. The highest BCUT2D eigenvalue weighted by Gasteiger charge is 2.24. The molecule has 184 valence electrons. The van der Waals surface area contributed by atoms with Gasteiger partial charge in [0.15, 0.2) is 0 Å². The lowest BCUT2D eigenvalue weighted by molar-refractivity contribution is -0.117. The fourth-order valence-corrected chi connectivity index (χ4v) is 4.76. The average Bonchev–Trinajstić information content (AvgIpc) is 3.38. The van der Waals surface area contributed by atoms with Crippen LogP contribution in [0.1, 0.15) is 96.1 Å². The van der Waals surface area contributed by atoms with Crippen LogP contribution in [0.2, 0.25) is 0 Å². The molecule has 34 heavy (non-hydrogen) atoms.